The van der Waals surface area contributed by atoms with Crippen LogP contribution in [-0.4, -0.2) is 30.2 Å². The van der Waals surface area contributed by atoms with E-state index in [-0.39, 0.29) is 6.09 Å². The Morgan fingerprint density at radius 2 is 2.05 bits per heavy atom. The highest BCUT2D eigenvalue weighted by Crippen LogP contribution is 2.28. The molecule has 104 valence electrons. The number of fused-ring (bicyclic) bond motifs is 1. The summed E-state index contributed by atoms with van der Waals surface area (Å²) in [5, 5.41) is 0. The number of nitrogens with zero attached hydrogens (tertiary/aromatic N) is 1. The average molecular weight is 263 g/mol. The summed E-state index contributed by atoms with van der Waals surface area (Å²) < 4.78 is 10.8. The first kappa shape index (κ1) is 13.7. The SMILES string of the molecule is COc1cccc2c1CCN(C(=O)OC(C)(C)C)C2. The summed E-state index contributed by atoms with van der Waals surface area (Å²) in [4.78, 5) is 13.8. The second-order valence-corrected chi connectivity index (χ2v) is 5.75. The molecule has 1 aliphatic rings. The van der Waals surface area contributed by atoms with Crippen LogP contribution in [0, 0.1) is 0 Å². The third kappa shape index (κ3) is 3.19. The van der Waals surface area contributed by atoms with Crippen LogP contribution >= 0.6 is 0 Å². The number of rotatable bonds is 1. The number of carbonyl (C=O) groups excluding carboxylic acids is 1. The van der Waals surface area contributed by atoms with E-state index in [1.165, 1.54) is 5.56 Å². The summed E-state index contributed by atoms with van der Waals surface area (Å²) in [6.45, 7) is 6.90. The predicted octanol–water partition coefficient (Wildman–Crippen LogP) is 2.99. The fourth-order valence-corrected chi connectivity index (χ4v) is 2.25. The van der Waals surface area contributed by atoms with Gasteiger partial charge in [-0.15, -0.1) is 0 Å². The van der Waals surface area contributed by atoms with Gasteiger partial charge < -0.3 is 14.4 Å². The van der Waals surface area contributed by atoms with E-state index in [0.717, 1.165) is 17.7 Å². The monoisotopic (exact) mass is 263 g/mol. The largest absolute Gasteiger partial charge is 0.496 e. The lowest BCUT2D eigenvalue weighted by Gasteiger charge is -2.31. The number of carbonyl (C=O) groups is 1. The van der Waals surface area contributed by atoms with Gasteiger partial charge in [0.15, 0.2) is 0 Å². The first-order chi connectivity index (χ1) is 8.90. The van der Waals surface area contributed by atoms with Crippen molar-refractivity contribution < 1.29 is 14.3 Å². The normalized spacial score (nSPS) is 14.8. The van der Waals surface area contributed by atoms with E-state index in [4.69, 9.17) is 9.47 Å². The summed E-state index contributed by atoms with van der Waals surface area (Å²) >= 11 is 0. The Hall–Kier alpha value is -1.71. The topological polar surface area (TPSA) is 38.8 Å². The molecule has 1 aliphatic heterocycles. The quantitative estimate of drug-likeness (QED) is 0.782. The Balaban J connectivity index is 2.12. The molecule has 4 heteroatoms. The number of benzene rings is 1. The summed E-state index contributed by atoms with van der Waals surface area (Å²) in [5.74, 6) is 0.904. The number of hydrogen-bond acceptors (Lipinski definition) is 3. The van der Waals surface area contributed by atoms with E-state index >= 15 is 0 Å². The van der Waals surface area contributed by atoms with Gasteiger partial charge in [-0.25, -0.2) is 4.79 Å². The van der Waals surface area contributed by atoms with Crippen molar-refractivity contribution in [3.05, 3.63) is 29.3 Å². The second kappa shape index (κ2) is 5.11. The van der Waals surface area contributed by atoms with Crippen molar-refractivity contribution in [2.24, 2.45) is 0 Å². The fraction of sp³-hybridized carbons (Fsp3) is 0.533. The standard InChI is InChI=1S/C15H21NO3/c1-15(2,3)19-14(17)16-9-8-12-11(10-16)6-5-7-13(12)18-4/h5-7H,8-10H2,1-4H3. The second-order valence-electron chi connectivity index (χ2n) is 5.75. The lowest BCUT2D eigenvalue weighted by atomic mass is 9.99. The third-order valence-electron chi connectivity index (χ3n) is 3.09. The van der Waals surface area contributed by atoms with Gasteiger partial charge in [0, 0.05) is 18.7 Å². The van der Waals surface area contributed by atoms with Crippen LogP contribution in [0.25, 0.3) is 0 Å². The minimum atomic E-state index is -0.453. The molecule has 2 rings (SSSR count). The molecule has 0 fully saturated rings. The van der Waals surface area contributed by atoms with Crippen molar-refractivity contribution in [3.8, 4) is 5.75 Å². The lowest BCUT2D eigenvalue weighted by Crippen LogP contribution is -2.39. The van der Waals surface area contributed by atoms with Crippen LogP contribution < -0.4 is 4.74 Å². The molecular formula is C15H21NO3. The summed E-state index contributed by atoms with van der Waals surface area (Å²) in [5.41, 5.74) is 1.88. The molecule has 1 aromatic rings. The molecule has 0 atom stereocenters. The molecular weight excluding hydrogens is 242 g/mol. The van der Waals surface area contributed by atoms with Gasteiger partial charge in [0.25, 0.3) is 0 Å². The minimum absolute atomic E-state index is 0.249. The zero-order valence-corrected chi connectivity index (χ0v) is 12.0. The third-order valence-corrected chi connectivity index (χ3v) is 3.09. The summed E-state index contributed by atoms with van der Waals surface area (Å²) in [6.07, 6.45) is 0.555. The Labute approximate surface area is 114 Å². The predicted molar refractivity (Wildman–Crippen MR) is 73.3 cm³/mol. The molecule has 0 saturated heterocycles. The van der Waals surface area contributed by atoms with Gasteiger partial charge in [0.2, 0.25) is 0 Å². The first-order valence-electron chi connectivity index (χ1n) is 6.53. The van der Waals surface area contributed by atoms with Crippen molar-refractivity contribution in [2.45, 2.75) is 39.3 Å². The van der Waals surface area contributed by atoms with Crippen LogP contribution in [0.4, 0.5) is 4.79 Å². The highest BCUT2D eigenvalue weighted by Gasteiger charge is 2.26. The molecule has 0 spiro atoms. The maximum atomic E-state index is 12.1. The molecule has 19 heavy (non-hydrogen) atoms. The van der Waals surface area contributed by atoms with Crippen molar-refractivity contribution in [3.63, 3.8) is 0 Å². The van der Waals surface area contributed by atoms with E-state index in [0.29, 0.717) is 13.1 Å². The molecule has 0 bridgehead atoms. The van der Waals surface area contributed by atoms with Crippen LogP contribution in [0.2, 0.25) is 0 Å². The molecule has 1 aromatic carbocycles. The lowest BCUT2D eigenvalue weighted by molar-refractivity contribution is 0.0223. The van der Waals surface area contributed by atoms with E-state index in [2.05, 4.69) is 0 Å². The summed E-state index contributed by atoms with van der Waals surface area (Å²) in [7, 11) is 1.68. The maximum Gasteiger partial charge on any atom is 0.410 e. The number of methoxy groups -OCH3 is 1. The van der Waals surface area contributed by atoms with Gasteiger partial charge in [-0.3, -0.25) is 0 Å². The van der Waals surface area contributed by atoms with Gasteiger partial charge >= 0.3 is 6.09 Å². The average Bonchev–Trinajstić information content (AvgIpc) is 2.35. The van der Waals surface area contributed by atoms with Crippen LogP contribution in [0.3, 0.4) is 0 Å². The van der Waals surface area contributed by atoms with Crippen LogP contribution in [-0.2, 0) is 17.7 Å². The van der Waals surface area contributed by atoms with Gasteiger partial charge in [-0.05, 0) is 38.8 Å². The fourth-order valence-electron chi connectivity index (χ4n) is 2.25. The molecule has 1 amide bonds. The highest BCUT2D eigenvalue weighted by atomic mass is 16.6. The van der Waals surface area contributed by atoms with Crippen LogP contribution in [0.15, 0.2) is 18.2 Å². The molecule has 0 N–H and O–H groups in total. The zero-order chi connectivity index (χ0) is 14.0. The molecule has 4 nitrogen and oxygen atoms in total. The Kier molecular flexibility index (Phi) is 3.69. The van der Waals surface area contributed by atoms with Crippen molar-refractivity contribution in [1.82, 2.24) is 4.90 Å². The number of amides is 1. The van der Waals surface area contributed by atoms with Gasteiger partial charge in [0.1, 0.15) is 11.4 Å². The van der Waals surface area contributed by atoms with Gasteiger partial charge in [0.05, 0.1) is 7.11 Å². The van der Waals surface area contributed by atoms with Crippen molar-refractivity contribution in [2.75, 3.05) is 13.7 Å². The van der Waals surface area contributed by atoms with Crippen molar-refractivity contribution >= 4 is 6.09 Å². The smallest absolute Gasteiger partial charge is 0.410 e. The number of hydrogen-bond donors (Lipinski definition) is 0. The van der Waals surface area contributed by atoms with Crippen LogP contribution in [0.5, 0.6) is 5.75 Å². The Morgan fingerprint density at radius 1 is 1.32 bits per heavy atom. The molecule has 0 unspecified atom stereocenters. The van der Waals surface area contributed by atoms with Crippen molar-refractivity contribution in [1.29, 1.82) is 0 Å². The zero-order valence-electron chi connectivity index (χ0n) is 12.0. The van der Waals surface area contributed by atoms with Gasteiger partial charge in [-0.1, -0.05) is 12.1 Å². The first-order valence-corrected chi connectivity index (χ1v) is 6.53. The van der Waals surface area contributed by atoms with E-state index in [9.17, 15) is 4.79 Å². The Morgan fingerprint density at radius 3 is 2.68 bits per heavy atom. The van der Waals surface area contributed by atoms with E-state index in [1.54, 1.807) is 12.0 Å². The van der Waals surface area contributed by atoms with E-state index < -0.39 is 5.60 Å². The summed E-state index contributed by atoms with van der Waals surface area (Å²) in [6, 6.07) is 5.95. The molecule has 1 heterocycles. The maximum absolute atomic E-state index is 12.1. The molecule has 0 aliphatic carbocycles. The highest BCUT2D eigenvalue weighted by molar-refractivity contribution is 5.69. The minimum Gasteiger partial charge on any atom is -0.496 e. The number of ether oxygens (including phenoxy) is 2. The van der Waals surface area contributed by atoms with Gasteiger partial charge in [-0.2, -0.15) is 0 Å². The molecule has 0 radical (unpaired) electrons. The van der Waals surface area contributed by atoms with E-state index in [1.807, 2.05) is 39.0 Å². The van der Waals surface area contributed by atoms with Crippen LogP contribution in [0.1, 0.15) is 31.9 Å². The Bertz CT molecular complexity index is 477. The molecule has 0 saturated carbocycles. The molecule has 0 aromatic heterocycles.